The molecule has 17 heavy (non-hydrogen) atoms. The van der Waals surface area contributed by atoms with Gasteiger partial charge >= 0.3 is 5.97 Å². The number of ether oxygens (including phenoxy) is 1. The molecule has 0 aromatic heterocycles. The first-order chi connectivity index (χ1) is 7.95. The fourth-order valence-electron chi connectivity index (χ4n) is 1.52. The van der Waals surface area contributed by atoms with E-state index in [0.29, 0.717) is 16.6 Å². The summed E-state index contributed by atoms with van der Waals surface area (Å²) in [6.07, 6.45) is 0. The minimum atomic E-state index is -0.997. The van der Waals surface area contributed by atoms with Crippen molar-refractivity contribution in [2.75, 3.05) is 13.7 Å². The maximum absolute atomic E-state index is 13.0. The minimum Gasteiger partial charge on any atom is -0.464 e. The van der Waals surface area contributed by atoms with Crippen molar-refractivity contribution < 1.29 is 13.9 Å². The zero-order chi connectivity index (χ0) is 13.1. The highest BCUT2D eigenvalue weighted by molar-refractivity contribution is 9.10. The summed E-state index contributed by atoms with van der Waals surface area (Å²) in [6.45, 7) is 3.74. The average molecular weight is 304 g/mol. The zero-order valence-electron chi connectivity index (χ0n) is 10.0. The number of nitrogens with one attached hydrogen (secondary N) is 1. The molecule has 0 fully saturated rings. The molecule has 1 unspecified atom stereocenters. The molecule has 0 heterocycles. The van der Waals surface area contributed by atoms with Crippen molar-refractivity contribution in [3.63, 3.8) is 0 Å². The van der Waals surface area contributed by atoms with Crippen molar-refractivity contribution in [1.29, 1.82) is 0 Å². The van der Waals surface area contributed by atoms with Gasteiger partial charge in [0, 0.05) is 4.47 Å². The Hall–Kier alpha value is -0.940. The Morgan fingerprint density at radius 1 is 1.59 bits per heavy atom. The van der Waals surface area contributed by atoms with Crippen LogP contribution in [0.1, 0.15) is 19.4 Å². The van der Waals surface area contributed by atoms with Gasteiger partial charge in [0.1, 0.15) is 11.4 Å². The van der Waals surface area contributed by atoms with E-state index < -0.39 is 11.5 Å². The fourth-order valence-corrected chi connectivity index (χ4v) is 2.26. The SMILES string of the molecule is CCOC(=O)C(C)(NC)c1ccc(F)cc1Br. The number of esters is 1. The summed E-state index contributed by atoms with van der Waals surface area (Å²) in [6, 6.07) is 4.20. The van der Waals surface area contributed by atoms with Crippen molar-refractivity contribution >= 4 is 21.9 Å². The predicted molar refractivity (Wildman–Crippen MR) is 67.1 cm³/mol. The lowest BCUT2D eigenvalue weighted by Crippen LogP contribution is -2.46. The number of carbonyl (C=O) groups is 1. The number of hydrogen-bond acceptors (Lipinski definition) is 3. The molecule has 1 aromatic carbocycles. The first kappa shape index (κ1) is 14.1. The second kappa shape index (κ2) is 5.60. The van der Waals surface area contributed by atoms with Gasteiger partial charge in [-0.3, -0.25) is 0 Å². The number of rotatable bonds is 4. The Kier molecular flexibility index (Phi) is 4.65. The molecule has 5 heteroatoms. The Bertz CT molecular complexity index is 425. The molecule has 0 amide bonds. The van der Waals surface area contributed by atoms with Crippen molar-refractivity contribution in [1.82, 2.24) is 5.32 Å². The van der Waals surface area contributed by atoms with Crippen molar-refractivity contribution in [2.24, 2.45) is 0 Å². The molecule has 1 N–H and O–H groups in total. The van der Waals surface area contributed by atoms with Gasteiger partial charge in [0.2, 0.25) is 0 Å². The fraction of sp³-hybridized carbons (Fsp3) is 0.417. The second-order valence-electron chi connectivity index (χ2n) is 3.72. The number of likely N-dealkylation sites (N-methyl/N-ethyl adjacent to an activating group) is 1. The minimum absolute atomic E-state index is 0.301. The Morgan fingerprint density at radius 3 is 2.71 bits per heavy atom. The molecule has 1 aromatic rings. The van der Waals surface area contributed by atoms with Crippen LogP contribution < -0.4 is 5.32 Å². The van der Waals surface area contributed by atoms with Gasteiger partial charge in [0.05, 0.1) is 6.61 Å². The summed E-state index contributed by atoms with van der Waals surface area (Å²) >= 11 is 3.26. The largest absolute Gasteiger partial charge is 0.464 e. The van der Waals surface area contributed by atoms with Crippen LogP contribution in [0.25, 0.3) is 0 Å². The lowest BCUT2D eigenvalue weighted by atomic mass is 9.92. The first-order valence-electron chi connectivity index (χ1n) is 5.27. The highest BCUT2D eigenvalue weighted by Crippen LogP contribution is 2.29. The molecular weight excluding hydrogens is 289 g/mol. The van der Waals surface area contributed by atoms with E-state index in [1.54, 1.807) is 27.0 Å². The lowest BCUT2D eigenvalue weighted by Gasteiger charge is -2.28. The molecule has 0 radical (unpaired) electrons. The van der Waals surface area contributed by atoms with Crippen LogP contribution in [-0.2, 0) is 15.1 Å². The number of halogens is 2. The van der Waals surface area contributed by atoms with E-state index in [9.17, 15) is 9.18 Å². The van der Waals surface area contributed by atoms with Crippen LogP contribution in [0, 0.1) is 5.82 Å². The second-order valence-corrected chi connectivity index (χ2v) is 4.57. The van der Waals surface area contributed by atoms with Crippen LogP contribution in [-0.4, -0.2) is 19.6 Å². The summed E-state index contributed by atoms with van der Waals surface area (Å²) in [5, 5.41) is 2.91. The number of carbonyl (C=O) groups excluding carboxylic acids is 1. The van der Waals surface area contributed by atoms with Gasteiger partial charge < -0.3 is 10.1 Å². The maximum atomic E-state index is 13.0. The molecule has 0 bridgehead atoms. The smallest absolute Gasteiger partial charge is 0.330 e. The Labute approximate surface area is 108 Å². The third kappa shape index (κ3) is 2.84. The molecule has 0 aliphatic carbocycles. The van der Waals surface area contributed by atoms with Crippen LogP contribution in [0.4, 0.5) is 4.39 Å². The van der Waals surface area contributed by atoms with E-state index in [1.165, 1.54) is 12.1 Å². The van der Waals surface area contributed by atoms with Crippen molar-refractivity contribution in [3.8, 4) is 0 Å². The van der Waals surface area contributed by atoms with Gasteiger partial charge in [-0.15, -0.1) is 0 Å². The Morgan fingerprint density at radius 2 is 2.24 bits per heavy atom. The summed E-state index contributed by atoms with van der Waals surface area (Å²) < 4.78 is 18.6. The van der Waals surface area contributed by atoms with E-state index in [2.05, 4.69) is 21.2 Å². The average Bonchev–Trinajstić information content (AvgIpc) is 2.28. The van der Waals surface area contributed by atoms with Crippen molar-refractivity contribution in [2.45, 2.75) is 19.4 Å². The third-order valence-corrected chi connectivity index (χ3v) is 3.31. The molecule has 1 atom stereocenters. The quantitative estimate of drug-likeness (QED) is 0.869. The van der Waals surface area contributed by atoms with Crippen LogP contribution in [0.5, 0.6) is 0 Å². The molecule has 3 nitrogen and oxygen atoms in total. The van der Waals surface area contributed by atoms with E-state index in [1.807, 2.05) is 0 Å². The molecule has 0 saturated heterocycles. The van der Waals surface area contributed by atoms with Gasteiger partial charge in [0.15, 0.2) is 0 Å². The van der Waals surface area contributed by atoms with Crippen LogP contribution in [0.3, 0.4) is 0 Å². The van der Waals surface area contributed by atoms with Crippen molar-refractivity contribution in [3.05, 3.63) is 34.1 Å². The van der Waals surface area contributed by atoms with Gasteiger partial charge in [-0.05, 0) is 38.6 Å². The van der Waals surface area contributed by atoms with Crippen LogP contribution in [0.2, 0.25) is 0 Å². The van der Waals surface area contributed by atoms with E-state index >= 15 is 0 Å². The monoisotopic (exact) mass is 303 g/mol. The highest BCUT2D eigenvalue weighted by atomic mass is 79.9. The third-order valence-electron chi connectivity index (χ3n) is 2.65. The molecular formula is C12H15BrFNO2. The molecule has 94 valence electrons. The first-order valence-corrected chi connectivity index (χ1v) is 6.06. The van der Waals surface area contributed by atoms with Gasteiger partial charge in [0.25, 0.3) is 0 Å². The Balaban J connectivity index is 3.20. The predicted octanol–water partition coefficient (Wildman–Crippen LogP) is 2.59. The number of hydrogen-bond donors (Lipinski definition) is 1. The van der Waals surface area contributed by atoms with Crippen LogP contribution >= 0.6 is 15.9 Å². The van der Waals surface area contributed by atoms with E-state index in [-0.39, 0.29) is 5.82 Å². The molecule has 0 aliphatic heterocycles. The highest BCUT2D eigenvalue weighted by Gasteiger charge is 2.36. The lowest BCUT2D eigenvalue weighted by molar-refractivity contribution is -0.150. The van der Waals surface area contributed by atoms with E-state index in [4.69, 9.17) is 4.74 Å². The normalized spacial score (nSPS) is 14.2. The molecule has 0 saturated carbocycles. The number of benzene rings is 1. The maximum Gasteiger partial charge on any atom is 0.330 e. The summed E-state index contributed by atoms with van der Waals surface area (Å²) in [7, 11) is 1.66. The van der Waals surface area contributed by atoms with E-state index in [0.717, 1.165) is 0 Å². The van der Waals surface area contributed by atoms with Gasteiger partial charge in [-0.1, -0.05) is 22.0 Å². The summed E-state index contributed by atoms with van der Waals surface area (Å²) in [5.74, 6) is -0.752. The van der Waals surface area contributed by atoms with Gasteiger partial charge in [-0.25, -0.2) is 9.18 Å². The molecule has 0 aliphatic rings. The molecule has 0 spiro atoms. The topological polar surface area (TPSA) is 38.3 Å². The standard InChI is InChI=1S/C12H15BrFNO2/c1-4-17-11(16)12(2,15-3)9-6-5-8(14)7-10(9)13/h5-7,15H,4H2,1-3H3. The summed E-state index contributed by atoms with van der Waals surface area (Å²) in [4.78, 5) is 11.9. The zero-order valence-corrected chi connectivity index (χ0v) is 11.6. The summed E-state index contributed by atoms with van der Waals surface area (Å²) in [5.41, 5.74) is -0.359. The molecule has 1 rings (SSSR count). The van der Waals surface area contributed by atoms with Gasteiger partial charge in [-0.2, -0.15) is 0 Å². The van der Waals surface area contributed by atoms with Crippen LogP contribution in [0.15, 0.2) is 22.7 Å².